The third-order valence-electron chi connectivity index (χ3n) is 6.54. The third-order valence-corrected chi connectivity index (χ3v) is 10.6. The van der Waals surface area contributed by atoms with E-state index in [9.17, 15) is 0 Å². The molecule has 3 aliphatic carbocycles. The molecule has 0 aromatic carbocycles. The summed E-state index contributed by atoms with van der Waals surface area (Å²) in [6, 6.07) is 0. The zero-order valence-electron chi connectivity index (χ0n) is 13.7. The minimum atomic E-state index is 0.331. The van der Waals surface area contributed by atoms with Gasteiger partial charge in [-0.15, -0.1) is 0 Å². The summed E-state index contributed by atoms with van der Waals surface area (Å²) in [6.07, 6.45) is 21.9. The highest BCUT2D eigenvalue weighted by atomic mass is 31.1. The van der Waals surface area contributed by atoms with E-state index in [-0.39, 0.29) is 0 Å². The van der Waals surface area contributed by atoms with Crippen molar-refractivity contribution in [1.29, 1.82) is 0 Å². The van der Waals surface area contributed by atoms with Crippen LogP contribution in [0.4, 0.5) is 0 Å². The second-order valence-electron chi connectivity index (χ2n) is 7.82. The van der Waals surface area contributed by atoms with Gasteiger partial charge in [-0.3, -0.25) is 0 Å². The van der Waals surface area contributed by atoms with Crippen molar-refractivity contribution in [2.75, 3.05) is 0 Å². The first-order chi connectivity index (χ1) is 9.86. The molecular weight excluding hydrogens is 259 g/mol. The van der Waals surface area contributed by atoms with Gasteiger partial charge < -0.3 is 0 Å². The molecule has 20 heavy (non-hydrogen) atoms. The summed E-state index contributed by atoms with van der Waals surface area (Å²) >= 11 is 0. The Hall–Kier alpha value is 0.430. The van der Waals surface area contributed by atoms with Gasteiger partial charge in [0.05, 0.1) is 0 Å². The summed E-state index contributed by atoms with van der Waals surface area (Å²) in [5.41, 5.74) is 3.42. The van der Waals surface area contributed by atoms with Crippen molar-refractivity contribution in [3.05, 3.63) is 0 Å². The molecule has 3 saturated carbocycles. The van der Waals surface area contributed by atoms with E-state index in [2.05, 4.69) is 6.92 Å². The molecule has 0 heterocycles. The van der Waals surface area contributed by atoms with Gasteiger partial charge in [-0.25, -0.2) is 0 Å². The molecular formula is C19H35P. The molecule has 3 aliphatic rings. The molecule has 1 heteroatoms. The monoisotopic (exact) mass is 294 g/mol. The normalized spacial score (nSPS) is 29.1. The Labute approximate surface area is 128 Å². The maximum absolute atomic E-state index is 2.69. The lowest BCUT2D eigenvalue weighted by atomic mass is 9.99. The highest BCUT2D eigenvalue weighted by Crippen LogP contribution is 2.61. The van der Waals surface area contributed by atoms with Gasteiger partial charge in [-0.2, -0.15) is 0 Å². The van der Waals surface area contributed by atoms with E-state index in [1.807, 2.05) is 0 Å². The number of hydrogen-bond acceptors (Lipinski definition) is 0. The van der Waals surface area contributed by atoms with E-state index in [1.54, 1.807) is 64.2 Å². The van der Waals surface area contributed by atoms with Crippen LogP contribution in [0.1, 0.15) is 96.8 Å². The molecule has 0 aromatic heterocycles. The molecule has 0 amide bonds. The zero-order chi connectivity index (χ0) is 13.8. The molecule has 0 aromatic rings. The molecule has 0 aliphatic heterocycles. The lowest BCUT2D eigenvalue weighted by Gasteiger charge is -2.44. The SMILES string of the molecule is C[C@H](C1CCCC1)P(C1CCCCC1)C1CCCCC1. The highest BCUT2D eigenvalue weighted by molar-refractivity contribution is 7.59. The van der Waals surface area contributed by atoms with E-state index >= 15 is 0 Å². The molecule has 0 bridgehead atoms. The van der Waals surface area contributed by atoms with Gasteiger partial charge in [0.1, 0.15) is 0 Å². The van der Waals surface area contributed by atoms with E-state index in [0.29, 0.717) is 7.92 Å². The van der Waals surface area contributed by atoms with Crippen molar-refractivity contribution in [3.8, 4) is 0 Å². The molecule has 0 N–H and O–H groups in total. The lowest BCUT2D eigenvalue weighted by molar-refractivity contribution is 0.465. The van der Waals surface area contributed by atoms with E-state index < -0.39 is 0 Å². The first-order valence-electron chi connectivity index (χ1n) is 9.63. The quantitative estimate of drug-likeness (QED) is 0.505. The Morgan fingerprint density at radius 1 is 0.600 bits per heavy atom. The van der Waals surface area contributed by atoms with Gasteiger partial charge in [0, 0.05) is 0 Å². The van der Waals surface area contributed by atoms with Crippen LogP contribution in [0, 0.1) is 5.92 Å². The van der Waals surface area contributed by atoms with Gasteiger partial charge in [0.15, 0.2) is 0 Å². The van der Waals surface area contributed by atoms with Gasteiger partial charge in [0.25, 0.3) is 0 Å². The minimum Gasteiger partial charge on any atom is -0.0971 e. The molecule has 116 valence electrons. The molecule has 0 saturated heterocycles. The first kappa shape index (κ1) is 15.3. The summed E-state index contributed by atoms with van der Waals surface area (Å²) < 4.78 is 0. The van der Waals surface area contributed by atoms with Crippen LogP contribution in [-0.2, 0) is 0 Å². The van der Waals surface area contributed by atoms with Crippen LogP contribution in [0.25, 0.3) is 0 Å². The summed E-state index contributed by atoms with van der Waals surface area (Å²) in [4.78, 5) is 0. The predicted octanol–water partition coefficient (Wildman–Crippen LogP) is 6.71. The second-order valence-corrected chi connectivity index (χ2v) is 11.0. The van der Waals surface area contributed by atoms with Crippen molar-refractivity contribution >= 4 is 7.92 Å². The molecule has 3 fully saturated rings. The summed E-state index contributed by atoms with van der Waals surface area (Å²) in [5, 5.41) is 0. The molecule has 1 atom stereocenters. The van der Waals surface area contributed by atoms with Gasteiger partial charge in [-0.05, 0) is 61.4 Å². The number of rotatable bonds is 4. The van der Waals surface area contributed by atoms with Crippen molar-refractivity contribution in [2.45, 2.75) is 114 Å². The second kappa shape index (κ2) is 7.62. The summed E-state index contributed by atoms with van der Waals surface area (Å²) in [7, 11) is 0.331. The largest absolute Gasteiger partial charge is 0.0971 e. The third kappa shape index (κ3) is 3.60. The Morgan fingerprint density at radius 3 is 1.45 bits per heavy atom. The predicted molar refractivity (Wildman–Crippen MR) is 92.1 cm³/mol. The van der Waals surface area contributed by atoms with Gasteiger partial charge >= 0.3 is 0 Å². The molecule has 0 radical (unpaired) electrons. The first-order valence-corrected chi connectivity index (χ1v) is 11.2. The van der Waals surface area contributed by atoms with Gasteiger partial charge in [-0.1, -0.05) is 66.2 Å². The zero-order valence-corrected chi connectivity index (χ0v) is 14.6. The van der Waals surface area contributed by atoms with Crippen LogP contribution in [0.5, 0.6) is 0 Å². The van der Waals surface area contributed by atoms with Crippen molar-refractivity contribution < 1.29 is 0 Å². The van der Waals surface area contributed by atoms with E-state index in [4.69, 9.17) is 0 Å². The van der Waals surface area contributed by atoms with E-state index in [0.717, 1.165) is 22.9 Å². The Morgan fingerprint density at radius 2 is 1.00 bits per heavy atom. The van der Waals surface area contributed by atoms with Crippen molar-refractivity contribution in [1.82, 2.24) is 0 Å². The standard InChI is InChI=1S/C19H35P/c1-16(17-10-8-9-11-17)20(18-12-4-2-5-13-18)19-14-6-3-7-15-19/h16-19H,2-15H2,1H3/t16-/m1/s1. The average Bonchev–Trinajstić information content (AvgIpc) is 3.04. The van der Waals surface area contributed by atoms with Crippen LogP contribution in [-0.4, -0.2) is 17.0 Å². The van der Waals surface area contributed by atoms with Crippen LogP contribution < -0.4 is 0 Å². The fourth-order valence-corrected chi connectivity index (χ4v) is 10.0. The van der Waals surface area contributed by atoms with Crippen LogP contribution >= 0.6 is 7.92 Å². The van der Waals surface area contributed by atoms with Crippen LogP contribution in [0.3, 0.4) is 0 Å². The molecule has 0 spiro atoms. The fraction of sp³-hybridized carbons (Fsp3) is 1.00. The van der Waals surface area contributed by atoms with E-state index in [1.165, 1.54) is 25.7 Å². The minimum absolute atomic E-state index is 0.331. The highest BCUT2D eigenvalue weighted by Gasteiger charge is 2.37. The maximum atomic E-state index is 2.69. The number of hydrogen-bond donors (Lipinski definition) is 0. The summed E-state index contributed by atoms with van der Waals surface area (Å²) in [5.74, 6) is 1.12. The van der Waals surface area contributed by atoms with Crippen LogP contribution in [0.15, 0.2) is 0 Å². The fourth-order valence-electron chi connectivity index (χ4n) is 5.40. The average molecular weight is 294 g/mol. The van der Waals surface area contributed by atoms with Gasteiger partial charge in [0.2, 0.25) is 0 Å². The van der Waals surface area contributed by atoms with Crippen molar-refractivity contribution in [3.63, 3.8) is 0 Å². The van der Waals surface area contributed by atoms with Crippen LogP contribution in [0.2, 0.25) is 0 Å². The maximum Gasteiger partial charge on any atom is -0.0204 e. The molecule has 0 nitrogen and oxygen atoms in total. The summed E-state index contributed by atoms with van der Waals surface area (Å²) in [6.45, 7) is 2.69. The molecule has 3 rings (SSSR count). The smallest absolute Gasteiger partial charge is 0.0204 e. The Kier molecular flexibility index (Phi) is 5.84. The van der Waals surface area contributed by atoms with Crippen molar-refractivity contribution in [2.24, 2.45) is 5.92 Å². The topological polar surface area (TPSA) is 0 Å². The lowest BCUT2D eigenvalue weighted by Crippen LogP contribution is -2.28. The Balaban J connectivity index is 1.70. The Bertz CT molecular complexity index is 251. The molecule has 0 unspecified atom stereocenters.